The molecule has 1 aromatic heterocycles. The van der Waals surface area contributed by atoms with Crippen molar-refractivity contribution in [3.05, 3.63) is 71.8 Å². The zero-order valence-electron chi connectivity index (χ0n) is 16.9. The molecule has 2 aromatic carbocycles. The Balaban J connectivity index is 1.44. The van der Waals surface area contributed by atoms with Crippen LogP contribution in [0, 0.1) is 19.8 Å². The third-order valence-corrected chi connectivity index (χ3v) is 5.49. The van der Waals surface area contributed by atoms with Gasteiger partial charge in [0.05, 0.1) is 11.6 Å². The SMILES string of the molecule is Cc1ccc(C)c(NC(=O)C2CCCN(c3ccc(-c4ccccc4)nn3)C2)c1. The average Bonchev–Trinajstić information content (AvgIpc) is 2.77. The molecule has 1 N–H and O–H groups in total. The zero-order valence-corrected chi connectivity index (χ0v) is 16.9. The van der Waals surface area contributed by atoms with Gasteiger partial charge in [0.2, 0.25) is 5.91 Å². The van der Waals surface area contributed by atoms with Gasteiger partial charge in [-0.25, -0.2) is 0 Å². The number of aryl methyl sites for hydroxylation is 2. The summed E-state index contributed by atoms with van der Waals surface area (Å²) < 4.78 is 0. The summed E-state index contributed by atoms with van der Waals surface area (Å²) in [6.45, 7) is 5.62. The molecule has 5 nitrogen and oxygen atoms in total. The molecule has 1 fully saturated rings. The number of carbonyl (C=O) groups excluding carboxylic acids is 1. The lowest BCUT2D eigenvalue weighted by molar-refractivity contribution is -0.120. The molecule has 148 valence electrons. The van der Waals surface area contributed by atoms with Gasteiger partial charge in [0, 0.05) is 24.3 Å². The van der Waals surface area contributed by atoms with E-state index in [0.717, 1.165) is 53.3 Å². The number of piperidine rings is 1. The van der Waals surface area contributed by atoms with Crippen molar-refractivity contribution in [1.82, 2.24) is 10.2 Å². The first-order valence-electron chi connectivity index (χ1n) is 10.1. The van der Waals surface area contributed by atoms with E-state index < -0.39 is 0 Å². The van der Waals surface area contributed by atoms with Crippen molar-refractivity contribution in [2.24, 2.45) is 5.92 Å². The molecule has 0 aliphatic carbocycles. The van der Waals surface area contributed by atoms with E-state index in [0.29, 0.717) is 6.54 Å². The Hall–Kier alpha value is -3.21. The maximum atomic E-state index is 12.9. The third kappa shape index (κ3) is 4.45. The van der Waals surface area contributed by atoms with Crippen LogP contribution in [0.1, 0.15) is 24.0 Å². The number of rotatable bonds is 4. The van der Waals surface area contributed by atoms with Gasteiger partial charge in [0.15, 0.2) is 5.82 Å². The van der Waals surface area contributed by atoms with Crippen LogP contribution < -0.4 is 10.2 Å². The molecule has 1 unspecified atom stereocenters. The largest absolute Gasteiger partial charge is 0.354 e. The van der Waals surface area contributed by atoms with Crippen LogP contribution in [0.3, 0.4) is 0 Å². The minimum absolute atomic E-state index is 0.0562. The van der Waals surface area contributed by atoms with E-state index in [1.54, 1.807) is 0 Å². The number of hydrogen-bond donors (Lipinski definition) is 1. The fraction of sp³-hybridized carbons (Fsp3) is 0.292. The molecule has 0 bridgehead atoms. The van der Waals surface area contributed by atoms with Crippen molar-refractivity contribution in [2.75, 3.05) is 23.3 Å². The number of anilines is 2. The van der Waals surface area contributed by atoms with Crippen LogP contribution in [0.25, 0.3) is 11.3 Å². The van der Waals surface area contributed by atoms with Gasteiger partial charge in [-0.05, 0) is 56.0 Å². The molecule has 29 heavy (non-hydrogen) atoms. The first-order valence-corrected chi connectivity index (χ1v) is 10.1. The van der Waals surface area contributed by atoms with Gasteiger partial charge >= 0.3 is 0 Å². The Morgan fingerprint density at radius 2 is 1.86 bits per heavy atom. The zero-order chi connectivity index (χ0) is 20.2. The highest BCUT2D eigenvalue weighted by Crippen LogP contribution is 2.25. The van der Waals surface area contributed by atoms with Crippen LogP contribution in [-0.4, -0.2) is 29.2 Å². The molecule has 1 amide bonds. The van der Waals surface area contributed by atoms with Crippen LogP contribution in [0.5, 0.6) is 0 Å². The third-order valence-electron chi connectivity index (χ3n) is 5.49. The maximum absolute atomic E-state index is 12.9. The lowest BCUT2D eigenvalue weighted by atomic mass is 9.96. The molecule has 1 aliphatic rings. The van der Waals surface area contributed by atoms with Gasteiger partial charge in [-0.1, -0.05) is 42.5 Å². The smallest absolute Gasteiger partial charge is 0.229 e. The fourth-order valence-corrected chi connectivity index (χ4v) is 3.76. The van der Waals surface area contributed by atoms with Gasteiger partial charge in [0.25, 0.3) is 0 Å². The summed E-state index contributed by atoms with van der Waals surface area (Å²) in [7, 11) is 0. The minimum Gasteiger partial charge on any atom is -0.354 e. The Labute approximate surface area is 171 Å². The number of nitrogens with one attached hydrogen (secondary N) is 1. The molecule has 0 spiro atoms. The maximum Gasteiger partial charge on any atom is 0.229 e. The van der Waals surface area contributed by atoms with E-state index in [4.69, 9.17) is 0 Å². The Morgan fingerprint density at radius 3 is 2.62 bits per heavy atom. The van der Waals surface area contributed by atoms with Crippen LogP contribution in [0.2, 0.25) is 0 Å². The molecule has 3 aromatic rings. The number of aromatic nitrogens is 2. The van der Waals surface area contributed by atoms with E-state index >= 15 is 0 Å². The monoisotopic (exact) mass is 386 g/mol. The molecule has 1 saturated heterocycles. The van der Waals surface area contributed by atoms with E-state index in [1.165, 1.54) is 0 Å². The number of carbonyl (C=O) groups is 1. The normalized spacial score (nSPS) is 16.5. The second kappa shape index (κ2) is 8.43. The average molecular weight is 386 g/mol. The molecule has 5 heteroatoms. The summed E-state index contributed by atoms with van der Waals surface area (Å²) in [5, 5.41) is 11.9. The standard InChI is InChI=1S/C24H26N4O/c1-17-10-11-18(2)22(15-17)25-24(29)20-9-6-14-28(16-20)23-13-12-21(26-27-23)19-7-4-3-5-8-19/h3-5,7-8,10-13,15,20H,6,9,14,16H2,1-2H3,(H,25,29). The van der Waals surface area contributed by atoms with Crippen molar-refractivity contribution in [3.63, 3.8) is 0 Å². The van der Waals surface area contributed by atoms with Gasteiger partial charge in [-0.15, -0.1) is 10.2 Å². The van der Waals surface area contributed by atoms with Gasteiger partial charge in [-0.3, -0.25) is 4.79 Å². The van der Waals surface area contributed by atoms with Crippen molar-refractivity contribution in [3.8, 4) is 11.3 Å². The van der Waals surface area contributed by atoms with Gasteiger partial charge < -0.3 is 10.2 Å². The quantitative estimate of drug-likeness (QED) is 0.711. The van der Waals surface area contributed by atoms with Crippen LogP contribution in [0.15, 0.2) is 60.7 Å². The molecule has 1 atom stereocenters. The molecule has 2 heterocycles. The summed E-state index contributed by atoms with van der Waals surface area (Å²) in [5.74, 6) is 0.852. The lowest BCUT2D eigenvalue weighted by Gasteiger charge is -2.32. The summed E-state index contributed by atoms with van der Waals surface area (Å²) in [5.41, 5.74) is 5.04. The highest BCUT2D eigenvalue weighted by Gasteiger charge is 2.27. The first-order chi connectivity index (χ1) is 14.1. The first kappa shape index (κ1) is 19.1. The van der Waals surface area contributed by atoms with Crippen LogP contribution in [0.4, 0.5) is 11.5 Å². The molecule has 1 aliphatic heterocycles. The van der Waals surface area contributed by atoms with Crippen molar-refractivity contribution < 1.29 is 4.79 Å². The Kier molecular flexibility index (Phi) is 5.56. The molecule has 0 saturated carbocycles. The summed E-state index contributed by atoms with van der Waals surface area (Å²) in [4.78, 5) is 15.0. The summed E-state index contributed by atoms with van der Waals surface area (Å²) in [6.07, 6.45) is 1.86. The van der Waals surface area contributed by atoms with E-state index in [-0.39, 0.29) is 11.8 Å². The van der Waals surface area contributed by atoms with Gasteiger partial charge in [0.1, 0.15) is 0 Å². The molecular weight excluding hydrogens is 360 g/mol. The summed E-state index contributed by atoms with van der Waals surface area (Å²) >= 11 is 0. The van der Waals surface area contributed by atoms with Crippen molar-refractivity contribution in [1.29, 1.82) is 0 Å². The number of amides is 1. The van der Waals surface area contributed by atoms with Crippen molar-refractivity contribution in [2.45, 2.75) is 26.7 Å². The summed E-state index contributed by atoms with van der Waals surface area (Å²) in [6, 6.07) is 20.2. The van der Waals surface area contributed by atoms with E-state index in [1.807, 2.05) is 68.4 Å². The predicted molar refractivity (Wildman–Crippen MR) is 117 cm³/mol. The minimum atomic E-state index is -0.0562. The van der Waals surface area contributed by atoms with Crippen molar-refractivity contribution >= 4 is 17.4 Å². The highest BCUT2D eigenvalue weighted by atomic mass is 16.1. The lowest BCUT2D eigenvalue weighted by Crippen LogP contribution is -2.41. The van der Waals surface area contributed by atoms with Crippen LogP contribution >= 0.6 is 0 Å². The highest BCUT2D eigenvalue weighted by molar-refractivity contribution is 5.93. The Morgan fingerprint density at radius 1 is 1.03 bits per heavy atom. The molecule has 4 rings (SSSR count). The number of benzene rings is 2. The van der Waals surface area contributed by atoms with Gasteiger partial charge in [-0.2, -0.15) is 0 Å². The van der Waals surface area contributed by atoms with E-state index in [2.05, 4.69) is 26.5 Å². The molecule has 0 radical (unpaired) electrons. The Bertz CT molecular complexity index is 986. The number of nitrogens with zero attached hydrogens (tertiary/aromatic N) is 3. The topological polar surface area (TPSA) is 58.1 Å². The predicted octanol–water partition coefficient (Wildman–Crippen LogP) is 4.62. The second-order valence-electron chi connectivity index (χ2n) is 7.74. The molecular formula is C24H26N4O. The van der Waals surface area contributed by atoms with E-state index in [9.17, 15) is 4.79 Å². The second-order valence-corrected chi connectivity index (χ2v) is 7.74. The fourth-order valence-electron chi connectivity index (χ4n) is 3.76. The number of hydrogen-bond acceptors (Lipinski definition) is 4. The van der Waals surface area contributed by atoms with Crippen LogP contribution in [-0.2, 0) is 4.79 Å².